The van der Waals surface area contributed by atoms with Gasteiger partial charge in [0.05, 0.1) is 13.2 Å². The summed E-state index contributed by atoms with van der Waals surface area (Å²) >= 11 is 0. The summed E-state index contributed by atoms with van der Waals surface area (Å²) in [6.07, 6.45) is 0.927. The van der Waals surface area contributed by atoms with Gasteiger partial charge >= 0.3 is 0 Å². The van der Waals surface area contributed by atoms with Gasteiger partial charge in [0.1, 0.15) is 0 Å². The van der Waals surface area contributed by atoms with Gasteiger partial charge in [-0.25, -0.2) is 0 Å². The molecule has 0 radical (unpaired) electrons. The molecule has 1 saturated heterocycles. The standard InChI is InChI=1S/C35H34N2O2/c38-35(29-17-15-28(16-18-29)27-9-2-1-3-10-27)37(20-8-19-36-21-23-39-24-22-36)26-34-32-13-6-4-11-30(32)25-31-12-5-7-14-33(31)34/h1-7,9-18,25H,8,19-24,26H2. The highest BCUT2D eigenvalue weighted by atomic mass is 16.5. The third-order valence-corrected chi connectivity index (χ3v) is 7.76. The molecule has 196 valence electrons. The molecule has 0 atom stereocenters. The van der Waals surface area contributed by atoms with Gasteiger partial charge in [-0.15, -0.1) is 0 Å². The zero-order chi connectivity index (χ0) is 26.4. The largest absolute Gasteiger partial charge is 0.379 e. The molecule has 0 unspecified atom stereocenters. The first kappa shape index (κ1) is 25.3. The summed E-state index contributed by atoms with van der Waals surface area (Å²) < 4.78 is 5.52. The van der Waals surface area contributed by atoms with Gasteiger partial charge in [-0.1, -0.05) is 91.0 Å². The van der Waals surface area contributed by atoms with E-state index in [1.54, 1.807) is 0 Å². The van der Waals surface area contributed by atoms with Gasteiger partial charge in [-0.05, 0) is 62.9 Å². The second kappa shape index (κ2) is 11.8. The van der Waals surface area contributed by atoms with Gasteiger partial charge < -0.3 is 9.64 Å². The molecule has 0 saturated carbocycles. The summed E-state index contributed by atoms with van der Waals surface area (Å²) in [6, 6.07) is 37.7. The van der Waals surface area contributed by atoms with E-state index in [1.165, 1.54) is 27.1 Å². The van der Waals surface area contributed by atoms with Crippen molar-refractivity contribution in [1.82, 2.24) is 9.80 Å². The number of rotatable bonds is 8. The van der Waals surface area contributed by atoms with Crippen molar-refractivity contribution in [1.29, 1.82) is 0 Å². The van der Waals surface area contributed by atoms with Crippen molar-refractivity contribution in [3.8, 4) is 11.1 Å². The minimum atomic E-state index is 0.0774. The number of amides is 1. The van der Waals surface area contributed by atoms with Gasteiger partial charge in [-0.3, -0.25) is 9.69 Å². The van der Waals surface area contributed by atoms with E-state index in [0.717, 1.165) is 56.0 Å². The molecule has 4 heteroatoms. The Hall–Kier alpha value is -3.99. The van der Waals surface area contributed by atoms with Crippen LogP contribution in [0.1, 0.15) is 22.3 Å². The lowest BCUT2D eigenvalue weighted by molar-refractivity contribution is 0.0355. The zero-order valence-electron chi connectivity index (χ0n) is 22.3. The average molecular weight is 515 g/mol. The van der Waals surface area contributed by atoms with Crippen molar-refractivity contribution in [2.75, 3.05) is 39.4 Å². The molecule has 1 fully saturated rings. The fraction of sp³-hybridized carbons (Fsp3) is 0.229. The van der Waals surface area contributed by atoms with Crippen LogP contribution in [0.15, 0.2) is 109 Å². The highest BCUT2D eigenvalue weighted by Gasteiger charge is 2.20. The lowest BCUT2D eigenvalue weighted by atomic mass is 9.96. The molecule has 0 bridgehead atoms. The van der Waals surface area contributed by atoms with E-state index in [9.17, 15) is 4.79 Å². The van der Waals surface area contributed by atoms with E-state index in [-0.39, 0.29) is 5.91 Å². The molecule has 0 spiro atoms. The van der Waals surface area contributed by atoms with Crippen LogP contribution < -0.4 is 0 Å². The second-order valence-electron chi connectivity index (χ2n) is 10.3. The highest BCUT2D eigenvalue weighted by molar-refractivity contribution is 6.03. The molecule has 1 aliphatic heterocycles. The Morgan fingerprint density at radius 2 is 1.31 bits per heavy atom. The summed E-state index contributed by atoms with van der Waals surface area (Å²) in [5.74, 6) is 0.0774. The molecule has 0 aliphatic carbocycles. The van der Waals surface area contributed by atoms with E-state index in [2.05, 4.69) is 83.8 Å². The van der Waals surface area contributed by atoms with E-state index in [4.69, 9.17) is 4.74 Å². The highest BCUT2D eigenvalue weighted by Crippen LogP contribution is 2.30. The van der Waals surface area contributed by atoms with E-state index >= 15 is 0 Å². The average Bonchev–Trinajstić information content (AvgIpc) is 3.01. The van der Waals surface area contributed by atoms with Crippen molar-refractivity contribution in [2.24, 2.45) is 0 Å². The fourth-order valence-corrected chi connectivity index (χ4v) is 5.65. The van der Waals surface area contributed by atoms with Crippen molar-refractivity contribution in [3.63, 3.8) is 0 Å². The van der Waals surface area contributed by atoms with Crippen LogP contribution in [0.5, 0.6) is 0 Å². The molecule has 4 nitrogen and oxygen atoms in total. The predicted molar refractivity (Wildman–Crippen MR) is 160 cm³/mol. The molecular formula is C35H34N2O2. The van der Waals surface area contributed by atoms with E-state index < -0.39 is 0 Å². The summed E-state index contributed by atoms with van der Waals surface area (Å²) in [5, 5.41) is 4.83. The Bertz CT molecular complexity index is 1500. The molecule has 1 aliphatic rings. The molecule has 1 amide bonds. The predicted octanol–water partition coefficient (Wildman–Crippen LogP) is 7.02. The molecular weight excluding hydrogens is 480 g/mol. The number of fused-ring (bicyclic) bond motifs is 2. The number of carbonyl (C=O) groups excluding carboxylic acids is 1. The number of benzene rings is 5. The Morgan fingerprint density at radius 1 is 0.718 bits per heavy atom. The van der Waals surface area contributed by atoms with Crippen LogP contribution in [-0.4, -0.2) is 55.1 Å². The maximum absolute atomic E-state index is 14.0. The quantitative estimate of drug-likeness (QED) is 0.209. The Labute approximate surface area is 230 Å². The van der Waals surface area contributed by atoms with Crippen LogP contribution in [0.2, 0.25) is 0 Å². The molecule has 39 heavy (non-hydrogen) atoms. The number of carbonyl (C=O) groups is 1. The smallest absolute Gasteiger partial charge is 0.254 e. The monoisotopic (exact) mass is 514 g/mol. The molecule has 5 aromatic rings. The molecule has 6 rings (SSSR count). The van der Waals surface area contributed by atoms with Crippen molar-refractivity contribution >= 4 is 27.5 Å². The maximum Gasteiger partial charge on any atom is 0.254 e. The first-order chi connectivity index (χ1) is 19.3. The third kappa shape index (κ3) is 5.73. The minimum Gasteiger partial charge on any atom is -0.379 e. The molecule has 1 heterocycles. The van der Waals surface area contributed by atoms with Crippen LogP contribution in [0.3, 0.4) is 0 Å². The van der Waals surface area contributed by atoms with Gasteiger partial charge in [0, 0.05) is 38.3 Å². The van der Waals surface area contributed by atoms with E-state index in [1.807, 2.05) is 35.2 Å². The third-order valence-electron chi connectivity index (χ3n) is 7.76. The van der Waals surface area contributed by atoms with Crippen LogP contribution in [-0.2, 0) is 11.3 Å². The summed E-state index contributed by atoms with van der Waals surface area (Å²) in [4.78, 5) is 18.5. The first-order valence-electron chi connectivity index (χ1n) is 13.9. The van der Waals surface area contributed by atoms with Gasteiger partial charge in [-0.2, -0.15) is 0 Å². The number of ether oxygens (including phenoxy) is 1. The summed E-state index contributed by atoms with van der Waals surface area (Å²) in [6.45, 7) is 5.75. The fourth-order valence-electron chi connectivity index (χ4n) is 5.65. The summed E-state index contributed by atoms with van der Waals surface area (Å²) in [5.41, 5.74) is 4.21. The van der Waals surface area contributed by atoms with Crippen LogP contribution in [0, 0.1) is 0 Å². The summed E-state index contributed by atoms with van der Waals surface area (Å²) in [7, 11) is 0. The lowest BCUT2D eigenvalue weighted by Gasteiger charge is -2.29. The number of nitrogens with zero attached hydrogens (tertiary/aromatic N) is 2. The van der Waals surface area contributed by atoms with Crippen LogP contribution in [0.4, 0.5) is 0 Å². The van der Waals surface area contributed by atoms with Crippen molar-refractivity contribution in [3.05, 3.63) is 120 Å². The minimum absolute atomic E-state index is 0.0774. The van der Waals surface area contributed by atoms with Crippen molar-refractivity contribution in [2.45, 2.75) is 13.0 Å². The lowest BCUT2D eigenvalue weighted by Crippen LogP contribution is -2.39. The molecule has 0 N–H and O–H groups in total. The number of hydrogen-bond acceptors (Lipinski definition) is 3. The molecule has 5 aromatic carbocycles. The SMILES string of the molecule is O=C(c1ccc(-c2ccccc2)cc1)N(CCCN1CCOCC1)Cc1c2ccccc2cc2ccccc12. The normalized spacial score (nSPS) is 14.1. The zero-order valence-corrected chi connectivity index (χ0v) is 22.3. The first-order valence-corrected chi connectivity index (χ1v) is 13.9. The topological polar surface area (TPSA) is 32.8 Å². The van der Waals surface area contributed by atoms with E-state index in [0.29, 0.717) is 13.1 Å². The van der Waals surface area contributed by atoms with Crippen LogP contribution >= 0.6 is 0 Å². The Kier molecular flexibility index (Phi) is 7.66. The van der Waals surface area contributed by atoms with Crippen molar-refractivity contribution < 1.29 is 9.53 Å². The van der Waals surface area contributed by atoms with Crippen LogP contribution in [0.25, 0.3) is 32.7 Å². The maximum atomic E-state index is 14.0. The van der Waals surface area contributed by atoms with Gasteiger partial charge in [0.15, 0.2) is 0 Å². The van der Waals surface area contributed by atoms with Gasteiger partial charge in [0.25, 0.3) is 5.91 Å². The Morgan fingerprint density at radius 3 is 1.97 bits per heavy atom. The number of hydrogen-bond donors (Lipinski definition) is 0. The Balaban J connectivity index is 1.31. The molecule has 0 aromatic heterocycles. The second-order valence-corrected chi connectivity index (χ2v) is 10.3. The number of morpholine rings is 1. The van der Waals surface area contributed by atoms with Gasteiger partial charge in [0.2, 0.25) is 0 Å².